The highest BCUT2D eigenvalue weighted by molar-refractivity contribution is 6.91. The van der Waals surface area contributed by atoms with Crippen molar-refractivity contribution in [2.75, 3.05) is 9.80 Å². The van der Waals surface area contributed by atoms with E-state index in [0.29, 0.717) is 5.82 Å². The monoisotopic (exact) mass is 831 g/mol. The van der Waals surface area contributed by atoms with Gasteiger partial charge in [0, 0.05) is 39.9 Å². The molecule has 0 saturated carbocycles. The lowest BCUT2D eigenvalue weighted by molar-refractivity contribution is 0.446. The Bertz CT molecular complexity index is 2650. The fraction of sp³-hybridized carbons (Fsp3) is 0.400. The third-order valence-corrected chi connectivity index (χ3v) is 15.2. The molecule has 5 aromatic carbocycles. The molecule has 0 radical (unpaired) electrons. The molecule has 4 aliphatic rings. The van der Waals surface area contributed by atoms with Crippen LogP contribution in [0.4, 0.5) is 28.4 Å². The van der Waals surface area contributed by atoms with E-state index in [1.807, 2.05) is 0 Å². The largest absolute Gasteiger partial charge is 0.335 e. The van der Waals surface area contributed by atoms with Gasteiger partial charge in [-0.3, -0.25) is 0 Å². The van der Waals surface area contributed by atoms with Gasteiger partial charge < -0.3 is 9.80 Å². The maximum Gasteiger partial charge on any atom is 0.223 e. The van der Waals surface area contributed by atoms with E-state index in [4.69, 9.17) is 0 Å². The van der Waals surface area contributed by atoms with Gasteiger partial charge in [-0.15, -0.1) is 0 Å². The van der Waals surface area contributed by atoms with Crippen molar-refractivity contribution in [3.8, 4) is 0 Å². The average Bonchev–Trinajstić information content (AvgIpc) is 3.25. The highest BCUT2D eigenvalue weighted by Gasteiger charge is 2.52. The van der Waals surface area contributed by atoms with Crippen LogP contribution in [0.1, 0.15) is 144 Å². The molecule has 3 unspecified atom stereocenters. The van der Waals surface area contributed by atoms with Gasteiger partial charge in [0.05, 0.1) is 0 Å². The predicted octanol–water partition coefficient (Wildman–Crippen LogP) is 15.2. The van der Waals surface area contributed by atoms with E-state index < -0.39 is 0 Å². The summed E-state index contributed by atoms with van der Waals surface area (Å²) in [6, 6.07) is 43.4. The van der Waals surface area contributed by atoms with Gasteiger partial charge >= 0.3 is 0 Å². The molecule has 0 fully saturated rings. The summed E-state index contributed by atoms with van der Waals surface area (Å²) in [5.74, 6) is 0.389. The minimum absolute atomic E-state index is 0.000161. The van der Waals surface area contributed by atoms with Crippen molar-refractivity contribution < 1.29 is 0 Å². The average molecular weight is 831 g/mol. The van der Waals surface area contributed by atoms with Crippen LogP contribution in [-0.4, -0.2) is 12.8 Å². The first-order chi connectivity index (χ1) is 29.7. The fourth-order valence-electron chi connectivity index (χ4n) is 11.3. The van der Waals surface area contributed by atoms with Crippen LogP contribution in [-0.2, 0) is 21.7 Å². The summed E-state index contributed by atoms with van der Waals surface area (Å²) in [6.07, 6.45) is 14.1. The molecule has 3 atom stereocenters. The summed E-state index contributed by atoms with van der Waals surface area (Å²) in [5.41, 5.74) is 19.0. The van der Waals surface area contributed by atoms with Crippen LogP contribution in [0.25, 0.3) is 0 Å². The molecule has 5 aromatic rings. The summed E-state index contributed by atoms with van der Waals surface area (Å²) in [4.78, 5) is 5.49. The maximum absolute atomic E-state index is 2.81. The number of allylic oxidation sites excluding steroid dienone is 5. The molecule has 0 amide bonds. The standard InChI is InChI=1S/C60H71BN2/c1-56(2,3)42-26-20-28-47(34-42)62-51-36-44(58(7,8)9)30-32-49(51)61-50-33-31-45(59(10,11)12)37-52(50)63(48-29-21-27-43(35-48)57(4,5)6)54-39-46(38-53(62)55(54)61)60(13,40-22-16-14-17-23-40)41-24-18-15-19-25-41/h14-18,20-24,26-30,32,34-39,50,52H,19,25,31,33H2,1-13H3. The molecule has 63 heavy (non-hydrogen) atoms. The fourth-order valence-corrected chi connectivity index (χ4v) is 11.3. The zero-order chi connectivity index (χ0) is 44.9. The van der Waals surface area contributed by atoms with E-state index in [9.17, 15) is 0 Å². The van der Waals surface area contributed by atoms with Gasteiger partial charge in [-0.1, -0.05) is 192 Å². The topological polar surface area (TPSA) is 6.48 Å². The number of hydrogen-bond acceptors (Lipinski definition) is 2. The lowest BCUT2D eigenvalue weighted by Gasteiger charge is -2.53. The first-order valence-corrected chi connectivity index (χ1v) is 23.9. The number of nitrogens with zero attached hydrogens (tertiary/aromatic N) is 2. The minimum atomic E-state index is -0.367. The van der Waals surface area contributed by atoms with Crippen molar-refractivity contribution in [3.05, 3.63) is 172 Å². The lowest BCUT2D eigenvalue weighted by Crippen LogP contribution is -2.62. The Morgan fingerprint density at radius 3 is 1.71 bits per heavy atom. The molecule has 3 heteroatoms. The number of fused-ring (bicyclic) bond motifs is 4. The molecular formula is C60H71BN2. The van der Waals surface area contributed by atoms with E-state index in [1.54, 1.807) is 5.57 Å². The van der Waals surface area contributed by atoms with Crippen LogP contribution in [0.3, 0.4) is 0 Å². The van der Waals surface area contributed by atoms with Crippen LogP contribution in [0, 0.1) is 5.41 Å². The van der Waals surface area contributed by atoms with Gasteiger partial charge in [0.2, 0.25) is 6.71 Å². The SMILES string of the molecule is CC(C)(C)C1=CC2C(CC1)B1c3ccc(C(C)(C)C)cc3N(c3cccc(C(C)(C)C)c3)c3cc(C(C)(C4=CC=CCC4)c4ccccc4)cc(c31)N2c1cccc(C(C)(C)C)c1. The summed E-state index contributed by atoms with van der Waals surface area (Å²) in [7, 11) is 0. The van der Waals surface area contributed by atoms with Crippen molar-refractivity contribution in [3.63, 3.8) is 0 Å². The molecule has 2 aliphatic heterocycles. The Hall–Kier alpha value is -5.02. The zero-order valence-electron chi connectivity index (χ0n) is 40.7. The molecule has 324 valence electrons. The van der Waals surface area contributed by atoms with Crippen molar-refractivity contribution in [2.24, 2.45) is 5.41 Å². The molecule has 0 N–H and O–H groups in total. The molecule has 2 aliphatic carbocycles. The molecule has 9 rings (SSSR count). The molecule has 2 heterocycles. The van der Waals surface area contributed by atoms with Gasteiger partial charge in [0.25, 0.3) is 0 Å². The number of rotatable bonds is 5. The van der Waals surface area contributed by atoms with Crippen LogP contribution >= 0.6 is 0 Å². The second kappa shape index (κ2) is 15.3. The number of benzene rings is 5. The van der Waals surface area contributed by atoms with E-state index in [-0.39, 0.29) is 39.8 Å². The summed E-state index contributed by atoms with van der Waals surface area (Å²) in [5, 5.41) is 0. The Morgan fingerprint density at radius 1 is 0.508 bits per heavy atom. The Balaban J connectivity index is 1.45. The highest BCUT2D eigenvalue weighted by Crippen LogP contribution is 2.54. The maximum atomic E-state index is 2.81. The minimum Gasteiger partial charge on any atom is -0.335 e. The predicted molar refractivity (Wildman–Crippen MR) is 274 cm³/mol. The van der Waals surface area contributed by atoms with Gasteiger partial charge in [-0.2, -0.15) is 0 Å². The number of anilines is 5. The normalized spacial score (nSPS) is 19.7. The lowest BCUT2D eigenvalue weighted by atomic mass is 9.28. The second-order valence-corrected chi connectivity index (χ2v) is 23.5. The van der Waals surface area contributed by atoms with Crippen molar-refractivity contribution >= 4 is 46.1 Å². The van der Waals surface area contributed by atoms with E-state index in [0.717, 1.165) is 25.7 Å². The van der Waals surface area contributed by atoms with Crippen molar-refractivity contribution in [2.45, 2.75) is 149 Å². The Kier molecular flexibility index (Phi) is 10.5. The Labute approximate surface area is 381 Å². The van der Waals surface area contributed by atoms with Crippen molar-refractivity contribution in [1.29, 1.82) is 0 Å². The van der Waals surface area contributed by atoms with Gasteiger partial charge in [-0.05, 0) is 135 Å². The summed E-state index contributed by atoms with van der Waals surface area (Å²) < 4.78 is 0. The van der Waals surface area contributed by atoms with E-state index >= 15 is 0 Å². The van der Waals surface area contributed by atoms with Crippen LogP contribution in [0.2, 0.25) is 5.82 Å². The van der Waals surface area contributed by atoms with E-state index in [2.05, 4.69) is 233 Å². The smallest absolute Gasteiger partial charge is 0.223 e. The first kappa shape index (κ1) is 43.2. The molecule has 2 nitrogen and oxygen atoms in total. The Morgan fingerprint density at radius 2 is 1.10 bits per heavy atom. The quantitative estimate of drug-likeness (QED) is 0.129. The van der Waals surface area contributed by atoms with E-state index in [1.165, 1.54) is 72.8 Å². The molecule has 0 bridgehead atoms. The van der Waals surface area contributed by atoms with Crippen LogP contribution in [0.5, 0.6) is 0 Å². The van der Waals surface area contributed by atoms with Gasteiger partial charge in [-0.25, -0.2) is 0 Å². The third-order valence-electron chi connectivity index (χ3n) is 15.2. The third kappa shape index (κ3) is 7.56. The highest BCUT2D eigenvalue weighted by atomic mass is 15.2. The molecule has 0 aromatic heterocycles. The van der Waals surface area contributed by atoms with Crippen molar-refractivity contribution in [1.82, 2.24) is 0 Å². The zero-order valence-corrected chi connectivity index (χ0v) is 40.7. The summed E-state index contributed by atoms with van der Waals surface area (Å²) >= 11 is 0. The summed E-state index contributed by atoms with van der Waals surface area (Å²) in [6.45, 7) is 31.2. The number of hydrogen-bond donors (Lipinski definition) is 0. The van der Waals surface area contributed by atoms with Gasteiger partial charge in [0.1, 0.15) is 0 Å². The van der Waals surface area contributed by atoms with Gasteiger partial charge in [0.15, 0.2) is 0 Å². The van der Waals surface area contributed by atoms with Crippen LogP contribution < -0.4 is 20.7 Å². The molecule has 0 saturated heterocycles. The first-order valence-electron chi connectivity index (χ1n) is 23.9. The second-order valence-electron chi connectivity index (χ2n) is 23.5. The molecule has 0 spiro atoms. The molecular weight excluding hydrogens is 759 g/mol. The van der Waals surface area contributed by atoms with Crippen LogP contribution in [0.15, 0.2) is 145 Å².